The first-order valence-corrected chi connectivity index (χ1v) is 4.12. The summed E-state index contributed by atoms with van der Waals surface area (Å²) in [6, 6.07) is 0. The number of rotatable bonds is 5. The van der Waals surface area contributed by atoms with Crippen molar-refractivity contribution in [3.05, 3.63) is 11.6 Å². The monoisotopic (exact) mass is 168 g/mol. The van der Waals surface area contributed by atoms with Gasteiger partial charge in [-0.15, -0.1) is 6.42 Å². The predicted molar refractivity (Wildman–Crippen MR) is 49.6 cm³/mol. The molecule has 68 valence electrons. The number of terminal acetylenes is 1. The van der Waals surface area contributed by atoms with E-state index in [0.29, 0.717) is 13.2 Å². The van der Waals surface area contributed by atoms with Crippen LogP contribution in [0.3, 0.4) is 0 Å². The Balaban J connectivity index is 4.10. The van der Waals surface area contributed by atoms with Crippen LogP contribution in [0.2, 0.25) is 0 Å². The first-order chi connectivity index (χ1) is 5.76. The quantitative estimate of drug-likeness (QED) is 0.461. The van der Waals surface area contributed by atoms with Gasteiger partial charge in [-0.05, 0) is 32.4 Å². The van der Waals surface area contributed by atoms with Gasteiger partial charge in [-0.2, -0.15) is 0 Å². The van der Waals surface area contributed by atoms with Crippen molar-refractivity contribution in [3.63, 3.8) is 0 Å². The van der Waals surface area contributed by atoms with Crippen molar-refractivity contribution in [3.8, 4) is 12.3 Å². The Hall–Kier alpha value is -0.780. The summed E-state index contributed by atoms with van der Waals surface area (Å²) in [7, 11) is 0. The van der Waals surface area contributed by atoms with Crippen LogP contribution >= 0.6 is 0 Å². The van der Waals surface area contributed by atoms with Gasteiger partial charge < -0.3 is 9.47 Å². The molecule has 0 aromatic carbocycles. The highest BCUT2D eigenvalue weighted by Gasteiger charge is 2.08. The van der Waals surface area contributed by atoms with E-state index >= 15 is 0 Å². The molecular weight excluding hydrogens is 152 g/mol. The van der Waals surface area contributed by atoms with Crippen molar-refractivity contribution in [1.29, 1.82) is 0 Å². The maximum atomic E-state index is 5.31. The van der Waals surface area contributed by atoms with Crippen molar-refractivity contribution in [1.82, 2.24) is 0 Å². The molecule has 0 aliphatic rings. The summed E-state index contributed by atoms with van der Waals surface area (Å²) in [5.74, 6) is 2.44. The lowest BCUT2D eigenvalue weighted by molar-refractivity contribution is -0.111. The van der Waals surface area contributed by atoms with Gasteiger partial charge in [0.1, 0.15) is 0 Å². The van der Waals surface area contributed by atoms with Crippen molar-refractivity contribution >= 4 is 0 Å². The maximum absolute atomic E-state index is 5.31. The molecule has 0 amide bonds. The molecule has 12 heavy (non-hydrogen) atoms. The lowest BCUT2D eigenvalue weighted by Crippen LogP contribution is -2.18. The van der Waals surface area contributed by atoms with E-state index in [-0.39, 0.29) is 6.29 Å². The lowest BCUT2D eigenvalue weighted by atomic mass is 10.3. The smallest absolute Gasteiger partial charge is 0.180 e. The molecule has 0 saturated carbocycles. The van der Waals surface area contributed by atoms with Crippen LogP contribution in [0.4, 0.5) is 0 Å². The second-order valence-electron chi connectivity index (χ2n) is 2.30. The average molecular weight is 168 g/mol. The van der Waals surface area contributed by atoms with Crippen LogP contribution in [0.1, 0.15) is 20.8 Å². The topological polar surface area (TPSA) is 18.5 Å². The van der Waals surface area contributed by atoms with Gasteiger partial charge in [-0.3, -0.25) is 0 Å². The minimum absolute atomic E-state index is 0.281. The summed E-state index contributed by atoms with van der Waals surface area (Å²) in [6.45, 7) is 7.00. The first kappa shape index (κ1) is 11.2. The van der Waals surface area contributed by atoms with Crippen molar-refractivity contribution in [2.24, 2.45) is 0 Å². The van der Waals surface area contributed by atoms with Gasteiger partial charge in [-0.25, -0.2) is 0 Å². The lowest BCUT2D eigenvalue weighted by Gasteiger charge is -2.16. The van der Waals surface area contributed by atoms with Crippen LogP contribution in [0.5, 0.6) is 0 Å². The van der Waals surface area contributed by atoms with E-state index < -0.39 is 0 Å². The zero-order valence-electron chi connectivity index (χ0n) is 7.96. The Kier molecular flexibility index (Phi) is 6.45. The zero-order valence-corrected chi connectivity index (χ0v) is 7.96. The Labute approximate surface area is 74.6 Å². The number of ether oxygens (including phenoxy) is 2. The zero-order chi connectivity index (χ0) is 9.40. The van der Waals surface area contributed by atoms with Crippen LogP contribution in [0, 0.1) is 12.3 Å². The highest BCUT2D eigenvalue weighted by molar-refractivity contribution is 5.17. The van der Waals surface area contributed by atoms with Gasteiger partial charge in [0.05, 0.1) is 0 Å². The standard InChI is InChI=1S/C10H16O2/c1-5-8-9(4)10(11-6-2)12-7-3/h1,8,10H,6-7H2,2-4H3/b9-8+. The Bertz CT molecular complexity index is 171. The maximum Gasteiger partial charge on any atom is 0.180 e. The number of hydrogen-bond donors (Lipinski definition) is 0. The minimum atomic E-state index is -0.281. The van der Waals surface area contributed by atoms with Crippen molar-refractivity contribution in [2.45, 2.75) is 27.1 Å². The molecule has 0 atom stereocenters. The molecule has 0 N–H and O–H groups in total. The largest absolute Gasteiger partial charge is 0.349 e. The van der Waals surface area contributed by atoms with E-state index in [1.165, 1.54) is 0 Å². The molecule has 2 nitrogen and oxygen atoms in total. The molecule has 0 bridgehead atoms. The van der Waals surface area contributed by atoms with Gasteiger partial charge >= 0.3 is 0 Å². The highest BCUT2D eigenvalue weighted by Crippen LogP contribution is 2.07. The summed E-state index contributed by atoms with van der Waals surface area (Å²) in [6.07, 6.45) is 6.50. The molecule has 2 heteroatoms. The Morgan fingerprint density at radius 2 is 1.92 bits per heavy atom. The van der Waals surface area contributed by atoms with E-state index in [1.807, 2.05) is 20.8 Å². The third-order valence-corrected chi connectivity index (χ3v) is 1.32. The van der Waals surface area contributed by atoms with Crippen LogP contribution in [-0.2, 0) is 9.47 Å². The third-order valence-electron chi connectivity index (χ3n) is 1.32. The molecular formula is C10H16O2. The molecule has 0 radical (unpaired) electrons. The Morgan fingerprint density at radius 3 is 2.25 bits per heavy atom. The SMILES string of the molecule is C#C/C=C(\C)C(OCC)OCC. The predicted octanol–water partition coefficient (Wildman–Crippen LogP) is 1.97. The van der Waals surface area contributed by atoms with E-state index in [1.54, 1.807) is 6.08 Å². The van der Waals surface area contributed by atoms with Gasteiger partial charge in [-0.1, -0.05) is 5.92 Å². The fraction of sp³-hybridized carbons (Fsp3) is 0.600. The van der Waals surface area contributed by atoms with Crippen molar-refractivity contribution < 1.29 is 9.47 Å². The van der Waals surface area contributed by atoms with E-state index in [9.17, 15) is 0 Å². The number of hydrogen-bond acceptors (Lipinski definition) is 2. The summed E-state index contributed by atoms with van der Waals surface area (Å²) in [5, 5.41) is 0. The van der Waals surface area contributed by atoms with E-state index in [4.69, 9.17) is 15.9 Å². The summed E-state index contributed by atoms with van der Waals surface area (Å²) in [4.78, 5) is 0. The molecule has 0 heterocycles. The molecule has 0 aromatic heterocycles. The second kappa shape index (κ2) is 6.90. The van der Waals surface area contributed by atoms with Crippen LogP contribution < -0.4 is 0 Å². The molecule has 0 aromatic rings. The highest BCUT2D eigenvalue weighted by atomic mass is 16.7. The molecule has 0 aliphatic heterocycles. The molecule has 0 rings (SSSR count). The average Bonchev–Trinajstić information content (AvgIpc) is 2.04. The fourth-order valence-corrected chi connectivity index (χ4v) is 0.813. The fourth-order valence-electron chi connectivity index (χ4n) is 0.813. The summed E-state index contributed by atoms with van der Waals surface area (Å²) < 4.78 is 10.6. The van der Waals surface area contributed by atoms with Gasteiger partial charge in [0.15, 0.2) is 6.29 Å². The molecule has 0 saturated heterocycles. The molecule has 0 unspecified atom stereocenters. The summed E-state index contributed by atoms with van der Waals surface area (Å²) in [5.41, 5.74) is 0.932. The van der Waals surface area contributed by atoms with Crippen LogP contribution in [0.15, 0.2) is 11.6 Å². The molecule has 0 fully saturated rings. The van der Waals surface area contributed by atoms with Gasteiger partial charge in [0.2, 0.25) is 0 Å². The van der Waals surface area contributed by atoms with Gasteiger partial charge in [0, 0.05) is 13.2 Å². The summed E-state index contributed by atoms with van der Waals surface area (Å²) >= 11 is 0. The van der Waals surface area contributed by atoms with Crippen LogP contribution in [0.25, 0.3) is 0 Å². The normalized spacial score (nSPS) is 11.8. The number of allylic oxidation sites excluding steroid dienone is 1. The van der Waals surface area contributed by atoms with E-state index in [0.717, 1.165) is 5.57 Å². The first-order valence-electron chi connectivity index (χ1n) is 4.12. The van der Waals surface area contributed by atoms with E-state index in [2.05, 4.69) is 5.92 Å². The molecule has 0 spiro atoms. The van der Waals surface area contributed by atoms with Crippen molar-refractivity contribution in [2.75, 3.05) is 13.2 Å². The minimum Gasteiger partial charge on any atom is -0.349 e. The second-order valence-corrected chi connectivity index (χ2v) is 2.30. The third kappa shape index (κ3) is 4.17. The van der Waals surface area contributed by atoms with Gasteiger partial charge in [0.25, 0.3) is 0 Å². The Morgan fingerprint density at radius 1 is 1.42 bits per heavy atom. The molecule has 0 aliphatic carbocycles. The van der Waals surface area contributed by atoms with Crippen LogP contribution in [-0.4, -0.2) is 19.5 Å².